The molecule has 1 saturated heterocycles. The second-order valence-electron chi connectivity index (χ2n) is 3.89. The number of thioether (sulfide) groups is 1. The number of rotatable bonds is 4. The molecule has 1 aromatic carbocycles. The molecule has 0 saturated carbocycles. The summed E-state index contributed by atoms with van der Waals surface area (Å²) in [6, 6.07) is 6.73. The number of halogens is 1. The van der Waals surface area contributed by atoms with Crippen LogP contribution in [0.5, 0.6) is 0 Å². The molecule has 2 nitrogen and oxygen atoms in total. The fourth-order valence-corrected chi connectivity index (χ4v) is 2.67. The third-order valence-electron chi connectivity index (χ3n) is 2.70. The molecule has 0 aliphatic carbocycles. The van der Waals surface area contributed by atoms with E-state index < -0.39 is 0 Å². The number of hydrogen-bond donors (Lipinski definition) is 1. The quantitative estimate of drug-likeness (QED) is 0.637. The summed E-state index contributed by atoms with van der Waals surface area (Å²) in [4.78, 5) is 3.61. The number of nitrogens with one attached hydrogen (secondary N) is 1. The zero-order valence-electron chi connectivity index (χ0n) is 9.29. The van der Waals surface area contributed by atoms with Gasteiger partial charge in [-0.2, -0.15) is 4.90 Å². The van der Waals surface area contributed by atoms with Crippen LogP contribution in [0.3, 0.4) is 0 Å². The van der Waals surface area contributed by atoms with Gasteiger partial charge in [0.1, 0.15) is 25.5 Å². The van der Waals surface area contributed by atoms with Gasteiger partial charge in [-0.25, -0.2) is 4.39 Å². The van der Waals surface area contributed by atoms with Crippen LogP contribution in [0.25, 0.3) is 0 Å². The standard InChI is InChI=1S/C12H17FN2S/c13-11-1-3-12(4-2-11)16-10-9-15-7-5-14-6-8-15/h1-4,14H,5-10H2/q+1. The highest BCUT2D eigenvalue weighted by molar-refractivity contribution is 7.99. The van der Waals surface area contributed by atoms with Gasteiger partial charge in [-0.05, 0) is 24.3 Å². The highest BCUT2D eigenvalue weighted by Crippen LogP contribution is 2.17. The lowest BCUT2D eigenvalue weighted by Crippen LogP contribution is -2.48. The van der Waals surface area contributed by atoms with Gasteiger partial charge in [0.2, 0.25) is 0 Å². The van der Waals surface area contributed by atoms with Gasteiger partial charge in [0.05, 0.1) is 5.75 Å². The Morgan fingerprint density at radius 3 is 2.56 bits per heavy atom. The lowest BCUT2D eigenvalue weighted by molar-refractivity contribution is 0.370. The van der Waals surface area contributed by atoms with Crippen LogP contribution in [0.1, 0.15) is 0 Å². The third-order valence-corrected chi connectivity index (χ3v) is 3.69. The minimum Gasteiger partial charge on any atom is -0.306 e. The van der Waals surface area contributed by atoms with Crippen molar-refractivity contribution in [2.24, 2.45) is 0 Å². The number of benzene rings is 1. The van der Waals surface area contributed by atoms with E-state index in [0.29, 0.717) is 0 Å². The maximum absolute atomic E-state index is 12.7. The average molecular weight is 240 g/mol. The topological polar surface area (TPSA) is 17.9 Å². The van der Waals surface area contributed by atoms with E-state index in [-0.39, 0.29) is 5.82 Å². The first-order valence-corrected chi connectivity index (χ1v) is 6.64. The van der Waals surface area contributed by atoms with E-state index >= 15 is 0 Å². The molecule has 0 bridgehead atoms. The first-order valence-electron chi connectivity index (χ1n) is 5.66. The largest absolute Gasteiger partial charge is 0.306 e. The lowest BCUT2D eigenvalue weighted by atomic mass is 10.3. The Morgan fingerprint density at radius 1 is 1.19 bits per heavy atom. The van der Waals surface area contributed by atoms with Gasteiger partial charge < -0.3 is 5.32 Å². The van der Waals surface area contributed by atoms with Crippen LogP contribution in [0, 0.1) is 5.82 Å². The summed E-state index contributed by atoms with van der Waals surface area (Å²) in [5.74, 6) is 0.914. The van der Waals surface area contributed by atoms with Gasteiger partial charge >= 0.3 is 0 Å². The van der Waals surface area contributed by atoms with E-state index in [1.165, 1.54) is 12.1 Å². The Morgan fingerprint density at radius 2 is 1.88 bits per heavy atom. The Bertz CT molecular complexity index is 309. The van der Waals surface area contributed by atoms with Gasteiger partial charge in [0.15, 0.2) is 0 Å². The van der Waals surface area contributed by atoms with Crippen molar-refractivity contribution in [3.8, 4) is 0 Å². The predicted octanol–water partition coefficient (Wildman–Crippen LogP) is 1.66. The molecule has 1 radical (unpaired) electrons. The molecule has 1 aliphatic heterocycles. The lowest BCUT2D eigenvalue weighted by Gasteiger charge is -2.17. The SMILES string of the molecule is Fc1ccc(SCC[N+]2CCNCC2)cc1. The molecule has 87 valence electrons. The molecule has 1 aromatic rings. The monoisotopic (exact) mass is 240 g/mol. The number of piperazine rings is 1. The maximum Gasteiger partial charge on any atom is 0.135 e. The van der Waals surface area contributed by atoms with Gasteiger partial charge in [-0.1, -0.05) is 0 Å². The molecule has 0 spiro atoms. The summed E-state index contributed by atoms with van der Waals surface area (Å²) < 4.78 is 12.7. The minimum absolute atomic E-state index is 0.161. The predicted molar refractivity (Wildman–Crippen MR) is 66.7 cm³/mol. The Hall–Kier alpha value is -0.580. The van der Waals surface area contributed by atoms with Crippen molar-refractivity contribution >= 4 is 11.8 Å². The Kier molecular flexibility index (Phi) is 4.63. The van der Waals surface area contributed by atoms with E-state index in [0.717, 1.165) is 43.4 Å². The van der Waals surface area contributed by atoms with Crippen LogP contribution < -0.4 is 10.2 Å². The summed E-state index contributed by atoms with van der Waals surface area (Å²) in [7, 11) is 0. The van der Waals surface area contributed by atoms with E-state index in [1.807, 2.05) is 12.1 Å². The minimum atomic E-state index is -0.161. The van der Waals surface area contributed by atoms with Gasteiger partial charge in [-0.15, -0.1) is 11.8 Å². The molecular formula is C12H17FN2S+. The smallest absolute Gasteiger partial charge is 0.135 e. The Labute approximate surface area is 100 Å². The third kappa shape index (κ3) is 3.77. The van der Waals surface area contributed by atoms with Crippen molar-refractivity contribution in [3.63, 3.8) is 0 Å². The molecule has 1 N–H and O–H groups in total. The molecule has 1 heterocycles. The van der Waals surface area contributed by atoms with Crippen LogP contribution >= 0.6 is 11.8 Å². The molecule has 1 fully saturated rings. The molecule has 0 unspecified atom stereocenters. The molecular weight excluding hydrogens is 223 g/mol. The van der Waals surface area contributed by atoms with Gasteiger partial charge in [0.25, 0.3) is 0 Å². The summed E-state index contributed by atoms with van der Waals surface area (Å²) in [5, 5.41) is 3.34. The van der Waals surface area contributed by atoms with Crippen LogP contribution in [0.4, 0.5) is 4.39 Å². The average Bonchev–Trinajstić information content (AvgIpc) is 2.33. The fourth-order valence-electron chi connectivity index (χ4n) is 1.76. The van der Waals surface area contributed by atoms with E-state index in [4.69, 9.17) is 0 Å². The summed E-state index contributed by atoms with van der Waals surface area (Å²) >= 11 is 1.79. The molecule has 2 rings (SSSR count). The summed E-state index contributed by atoms with van der Waals surface area (Å²) in [6.07, 6.45) is 0. The van der Waals surface area contributed by atoms with E-state index in [1.54, 1.807) is 11.8 Å². The van der Waals surface area contributed by atoms with Crippen molar-refractivity contribution in [2.75, 3.05) is 38.5 Å². The number of nitrogens with zero attached hydrogens (tertiary/aromatic N) is 1. The summed E-state index contributed by atoms with van der Waals surface area (Å²) in [5.41, 5.74) is 0. The molecule has 1 aliphatic rings. The van der Waals surface area contributed by atoms with Crippen LogP contribution in [0.2, 0.25) is 0 Å². The van der Waals surface area contributed by atoms with Crippen LogP contribution in [-0.4, -0.2) is 38.5 Å². The highest BCUT2D eigenvalue weighted by atomic mass is 32.2. The van der Waals surface area contributed by atoms with Crippen molar-refractivity contribution in [2.45, 2.75) is 4.90 Å². The first-order chi connectivity index (χ1) is 7.84. The first kappa shape index (κ1) is 11.9. The zero-order chi connectivity index (χ0) is 11.2. The summed E-state index contributed by atoms with van der Waals surface area (Å²) in [6.45, 7) is 5.60. The normalized spacial score (nSPS) is 17.6. The Balaban J connectivity index is 1.69. The van der Waals surface area contributed by atoms with Gasteiger partial charge in [0, 0.05) is 18.0 Å². The molecule has 0 amide bonds. The number of hydrogen-bond acceptors (Lipinski definition) is 3. The second-order valence-corrected chi connectivity index (χ2v) is 5.06. The molecule has 4 heteroatoms. The van der Waals surface area contributed by atoms with Crippen molar-refractivity contribution in [1.82, 2.24) is 10.2 Å². The van der Waals surface area contributed by atoms with Gasteiger partial charge in [-0.3, -0.25) is 0 Å². The maximum atomic E-state index is 12.7. The zero-order valence-corrected chi connectivity index (χ0v) is 10.1. The van der Waals surface area contributed by atoms with E-state index in [2.05, 4.69) is 10.2 Å². The van der Waals surface area contributed by atoms with Crippen molar-refractivity contribution in [3.05, 3.63) is 30.1 Å². The van der Waals surface area contributed by atoms with Crippen molar-refractivity contribution in [1.29, 1.82) is 0 Å². The van der Waals surface area contributed by atoms with Crippen molar-refractivity contribution < 1.29 is 4.39 Å². The van der Waals surface area contributed by atoms with E-state index in [9.17, 15) is 4.39 Å². The highest BCUT2D eigenvalue weighted by Gasteiger charge is 2.17. The second kappa shape index (κ2) is 6.23. The molecule has 0 atom stereocenters. The molecule has 0 aromatic heterocycles. The van der Waals surface area contributed by atoms with Crippen LogP contribution in [0.15, 0.2) is 29.2 Å². The van der Waals surface area contributed by atoms with Crippen LogP contribution in [-0.2, 0) is 0 Å². The molecule has 16 heavy (non-hydrogen) atoms. The fraction of sp³-hybridized carbons (Fsp3) is 0.500.